The van der Waals surface area contributed by atoms with E-state index in [1.807, 2.05) is 18.2 Å². The molecule has 0 radical (unpaired) electrons. The molecular weight excluding hydrogens is 671 g/mol. The van der Waals surface area contributed by atoms with Gasteiger partial charge in [0.15, 0.2) is 0 Å². The van der Waals surface area contributed by atoms with E-state index in [1.165, 1.54) is 33.0 Å². The summed E-state index contributed by atoms with van der Waals surface area (Å²) in [5.74, 6) is 0.868. The van der Waals surface area contributed by atoms with Gasteiger partial charge in [-0.1, -0.05) is 140 Å². The Morgan fingerprint density at radius 2 is 0.982 bits per heavy atom. The van der Waals surface area contributed by atoms with Gasteiger partial charge in [-0.05, 0) is 93.0 Å². The molecule has 0 aliphatic rings. The highest BCUT2D eigenvalue weighted by molar-refractivity contribution is 6.19. The van der Waals surface area contributed by atoms with E-state index in [4.69, 9.17) is 9.40 Å². The smallest absolute Gasteiger partial charge is 0.138 e. The van der Waals surface area contributed by atoms with Crippen LogP contribution in [-0.4, -0.2) is 9.97 Å². The van der Waals surface area contributed by atoms with Crippen molar-refractivity contribution in [2.75, 3.05) is 4.90 Å². The number of furan rings is 1. The molecule has 258 valence electrons. The summed E-state index contributed by atoms with van der Waals surface area (Å²) in [5.41, 5.74) is 12.8. The first kappa shape index (κ1) is 31.1. The highest BCUT2D eigenvalue weighted by Gasteiger charge is 2.18. The molecule has 2 aromatic heterocycles. The largest absolute Gasteiger partial charge is 0.456 e. The maximum Gasteiger partial charge on any atom is 0.138 e. The number of hydrogen-bond donors (Lipinski definition) is 1. The van der Waals surface area contributed by atoms with Crippen molar-refractivity contribution in [3.05, 3.63) is 194 Å². The van der Waals surface area contributed by atoms with Crippen molar-refractivity contribution in [1.82, 2.24) is 9.97 Å². The second kappa shape index (κ2) is 12.6. The molecule has 0 aliphatic carbocycles. The van der Waals surface area contributed by atoms with Crippen molar-refractivity contribution in [3.63, 3.8) is 0 Å². The van der Waals surface area contributed by atoms with Crippen LogP contribution >= 0.6 is 0 Å². The van der Waals surface area contributed by atoms with Crippen LogP contribution in [0.4, 0.5) is 17.1 Å². The van der Waals surface area contributed by atoms with E-state index in [1.54, 1.807) is 0 Å². The van der Waals surface area contributed by atoms with E-state index in [-0.39, 0.29) is 0 Å². The molecule has 0 amide bonds. The molecule has 11 rings (SSSR count). The van der Waals surface area contributed by atoms with Crippen molar-refractivity contribution in [1.29, 1.82) is 0 Å². The second-order valence-electron chi connectivity index (χ2n) is 14.1. The van der Waals surface area contributed by atoms with Crippen molar-refractivity contribution in [3.8, 4) is 33.6 Å². The molecule has 9 aromatic carbocycles. The average molecular weight is 704 g/mol. The maximum absolute atomic E-state index is 6.26. The highest BCUT2D eigenvalue weighted by atomic mass is 16.3. The Morgan fingerprint density at radius 3 is 1.76 bits per heavy atom. The number of benzene rings is 9. The number of aromatic nitrogens is 2. The average Bonchev–Trinajstić information content (AvgIpc) is 3.87. The monoisotopic (exact) mass is 703 g/mol. The van der Waals surface area contributed by atoms with Crippen molar-refractivity contribution in [2.45, 2.75) is 0 Å². The lowest BCUT2D eigenvalue weighted by Gasteiger charge is -2.26. The Morgan fingerprint density at radius 1 is 0.418 bits per heavy atom. The van der Waals surface area contributed by atoms with Gasteiger partial charge in [0, 0.05) is 38.8 Å². The number of nitrogens with zero attached hydrogens (tertiary/aromatic N) is 2. The number of fused-ring (bicyclic) bond motifs is 8. The lowest BCUT2D eigenvalue weighted by atomic mass is 9.94. The van der Waals surface area contributed by atoms with Crippen LogP contribution in [0.15, 0.2) is 199 Å². The predicted octanol–water partition coefficient (Wildman–Crippen LogP) is 14.2. The van der Waals surface area contributed by atoms with Crippen LogP contribution in [-0.2, 0) is 0 Å². The SMILES string of the molecule is c1ccc(-c2nc3ccc4ccc5ccc(N(c6ccc(-c7ccccc7-c7ccccc7)cc6)c6ccc7oc8ccccc8c7c6)cc5c4c3[nH]2)cc1. The fourth-order valence-electron chi connectivity index (χ4n) is 8.18. The number of H-pyrrole nitrogens is 1. The quantitative estimate of drug-likeness (QED) is 0.175. The van der Waals surface area contributed by atoms with Crippen LogP contribution in [0, 0.1) is 0 Å². The van der Waals surface area contributed by atoms with Crippen LogP contribution in [0.2, 0.25) is 0 Å². The molecule has 0 saturated heterocycles. The van der Waals surface area contributed by atoms with E-state index in [2.05, 4.69) is 186 Å². The summed E-state index contributed by atoms with van der Waals surface area (Å²) >= 11 is 0. The zero-order valence-electron chi connectivity index (χ0n) is 29.8. The Kier molecular flexibility index (Phi) is 7.14. The van der Waals surface area contributed by atoms with Gasteiger partial charge in [0.1, 0.15) is 17.0 Å². The summed E-state index contributed by atoms with van der Waals surface area (Å²) in [6.07, 6.45) is 0. The number of anilines is 3. The lowest BCUT2D eigenvalue weighted by Crippen LogP contribution is -2.10. The standard InChI is InChI=1S/C51H33N3O/c1-3-11-33(12-4-1)41-15-7-8-16-42(41)34-21-25-38(26-22-34)54(40-28-30-48-45(32-40)43-17-9-10-18-47(43)55-48)39-27-23-35-19-20-36-24-29-46-50(49(36)44(35)31-39)53-51(52-46)37-13-5-2-6-14-37/h1-32H,(H,52,53). The molecule has 4 nitrogen and oxygen atoms in total. The second-order valence-corrected chi connectivity index (χ2v) is 14.1. The fourth-order valence-corrected chi connectivity index (χ4v) is 8.18. The van der Waals surface area contributed by atoms with Gasteiger partial charge < -0.3 is 14.3 Å². The number of rotatable bonds is 6. The zero-order chi connectivity index (χ0) is 36.3. The summed E-state index contributed by atoms with van der Waals surface area (Å²) in [5, 5.41) is 6.86. The van der Waals surface area contributed by atoms with Gasteiger partial charge in [0.2, 0.25) is 0 Å². The highest BCUT2D eigenvalue weighted by Crippen LogP contribution is 2.42. The van der Waals surface area contributed by atoms with Gasteiger partial charge in [-0.2, -0.15) is 0 Å². The Labute approximate surface area is 317 Å². The molecule has 11 aromatic rings. The Balaban J connectivity index is 1.11. The van der Waals surface area contributed by atoms with Crippen molar-refractivity contribution in [2.24, 2.45) is 0 Å². The van der Waals surface area contributed by atoms with Crippen molar-refractivity contribution < 1.29 is 4.42 Å². The molecule has 0 aliphatic heterocycles. The molecule has 0 fully saturated rings. The van der Waals surface area contributed by atoms with E-state index in [0.717, 1.165) is 72.2 Å². The van der Waals surface area contributed by atoms with E-state index >= 15 is 0 Å². The maximum atomic E-state index is 6.26. The summed E-state index contributed by atoms with van der Waals surface area (Å²) in [7, 11) is 0. The van der Waals surface area contributed by atoms with Gasteiger partial charge >= 0.3 is 0 Å². The summed E-state index contributed by atoms with van der Waals surface area (Å²) in [6.45, 7) is 0. The molecule has 55 heavy (non-hydrogen) atoms. The molecule has 0 unspecified atom stereocenters. The van der Waals surface area contributed by atoms with Gasteiger partial charge in [0.05, 0.1) is 11.0 Å². The number of para-hydroxylation sites is 1. The van der Waals surface area contributed by atoms with Crippen LogP contribution in [0.3, 0.4) is 0 Å². The number of hydrogen-bond acceptors (Lipinski definition) is 3. The molecule has 0 saturated carbocycles. The minimum absolute atomic E-state index is 0.868. The molecule has 4 heteroatoms. The van der Waals surface area contributed by atoms with E-state index in [0.29, 0.717) is 0 Å². The first-order valence-electron chi connectivity index (χ1n) is 18.6. The van der Waals surface area contributed by atoms with Crippen molar-refractivity contribution >= 4 is 71.6 Å². The fraction of sp³-hybridized carbons (Fsp3) is 0. The topological polar surface area (TPSA) is 45.1 Å². The van der Waals surface area contributed by atoms with Crippen LogP contribution < -0.4 is 4.90 Å². The number of aromatic amines is 1. The first-order valence-corrected chi connectivity index (χ1v) is 18.6. The third-order valence-corrected chi connectivity index (χ3v) is 10.8. The molecule has 0 atom stereocenters. The molecule has 2 heterocycles. The summed E-state index contributed by atoms with van der Waals surface area (Å²) < 4.78 is 6.26. The van der Waals surface area contributed by atoms with Crippen LogP contribution in [0.5, 0.6) is 0 Å². The number of imidazole rings is 1. The van der Waals surface area contributed by atoms with Crippen LogP contribution in [0.25, 0.3) is 88.2 Å². The van der Waals surface area contributed by atoms with E-state index in [9.17, 15) is 0 Å². The lowest BCUT2D eigenvalue weighted by molar-refractivity contribution is 0.669. The molecule has 0 bridgehead atoms. The number of nitrogens with one attached hydrogen (secondary N) is 1. The van der Waals surface area contributed by atoms with Gasteiger partial charge in [-0.3, -0.25) is 0 Å². The predicted molar refractivity (Wildman–Crippen MR) is 229 cm³/mol. The zero-order valence-corrected chi connectivity index (χ0v) is 29.8. The van der Waals surface area contributed by atoms with Gasteiger partial charge in [0.25, 0.3) is 0 Å². The summed E-state index contributed by atoms with van der Waals surface area (Å²) in [4.78, 5) is 11.1. The Bertz CT molecular complexity index is 3200. The Hall–Kier alpha value is -7.43. The normalized spacial score (nSPS) is 11.6. The van der Waals surface area contributed by atoms with E-state index < -0.39 is 0 Å². The first-order chi connectivity index (χ1) is 27.2. The molecule has 0 spiro atoms. The minimum Gasteiger partial charge on any atom is -0.456 e. The van der Waals surface area contributed by atoms with Crippen LogP contribution in [0.1, 0.15) is 0 Å². The van der Waals surface area contributed by atoms with Gasteiger partial charge in [-0.15, -0.1) is 0 Å². The summed E-state index contributed by atoms with van der Waals surface area (Å²) in [6, 6.07) is 68.8. The third-order valence-electron chi connectivity index (χ3n) is 10.8. The minimum atomic E-state index is 0.868. The molecular formula is C51H33N3O. The van der Waals surface area contributed by atoms with Gasteiger partial charge in [-0.25, -0.2) is 4.98 Å². The third kappa shape index (κ3) is 5.26. The molecule has 1 N–H and O–H groups in total.